The Balaban J connectivity index is 0.000000148. The molecule has 0 saturated heterocycles. The Labute approximate surface area is 209 Å². The molecule has 2 heterocycles. The highest BCUT2D eigenvalue weighted by Crippen LogP contribution is 2.41. The first-order chi connectivity index (χ1) is 17.5. The number of hydrogen-bond donors (Lipinski definition) is 4. The van der Waals surface area contributed by atoms with Gasteiger partial charge in [0.2, 0.25) is 0 Å². The van der Waals surface area contributed by atoms with Gasteiger partial charge in [0, 0.05) is 11.1 Å². The Morgan fingerprint density at radius 1 is 0.417 bits per heavy atom. The standard InChI is InChI=1S/2C15H14O3/c2*16-13-11-8-4-5-9-12(11)18-15(14(13)17)10-6-2-1-3-7-10/h2*1-9,13-17H. The molecular weight excluding hydrogens is 456 g/mol. The minimum absolute atomic E-state index is 0.531. The van der Waals surface area contributed by atoms with Crippen molar-refractivity contribution in [1.82, 2.24) is 0 Å². The van der Waals surface area contributed by atoms with Crippen LogP contribution < -0.4 is 9.47 Å². The summed E-state index contributed by atoms with van der Waals surface area (Å²) in [7, 11) is 0. The fourth-order valence-corrected chi connectivity index (χ4v) is 4.59. The molecule has 0 radical (unpaired) electrons. The van der Waals surface area contributed by atoms with Gasteiger partial charge in [0.05, 0.1) is 0 Å². The van der Waals surface area contributed by atoms with E-state index in [0.29, 0.717) is 22.6 Å². The average Bonchev–Trinajstić information content (AvgIpc) is 2.94. The maximum Gasteiger partial charge on any atom is 0.152 e. The van der Waals surface area contributed by atoms with Crippen molar-refractivity contribution >= 4 is 0 Å². The minimum Gasteiger partial charge on any atom is -0.482 e. The molecular formula is C30H28O6. The summed E-state index contributed by atoms with van der Waals surface area (Å²) in [6.45, 7) is 0. The molecule has 6 nitrogen and oxygen atoms in total. The van der Waals surface area contributed by atoms with Gasteiger partial charge < -0.3 is 29.9 Å². The summed E-state index contributed by atoms with van der Waals surface area (Å²) in [6.07, 6.45) is -4.81. The third-order valence-corrected chi connectivity index (χ3v) is 6.51. The summed E-state index contributed by atoms with van der Waals surface area (Å²) in [5.74, 6) is 1.26. The van der Waals surface area contributed by atoms with E-state index in [9.17, 15) is 20.4 Å². The molecule has 0 saturated carbocycles. The second-order valence-corrected chi connectivity index (χ2v) is 8.84. The highest BCUT2D eigenvalue weighted by Gasteiger charge is 2.37. The van der Waals surface area contributed by atoms with Crippen molar-refractivity contribution in [3.05, 3.63) is 131 Å². The molecule has 4 N–H and O–H groups in total. The van der Waals surface area contributed by atoms with Crippen molar-refractivity contribution in [1.29, 1.82) is 0 Å². The summed E-state index contributed by atoms with van der Waals surface area (Å²) in [4.78, 5) is 0. The molecule has 0 aliphatic carbocycles. The second-order valence-electron chi connectivity index (χ2n) is 8.84. The molecule has 6 rings (SSSR count). The molecule has 4 aromatic carbocycles. The van der Waals surface area contributed by atoms with E-state index >= 15 is 0 Å². The highest BCUT2D eigenvalue weighted by atomic mass is 16.5. The van der Waals surface area contributed by atoms with E-state index in [4.69, 9.17) is 9.47 Å². The molecule has 36 heavy (non-hydrogen) atoms. The topological polar surface area (TPSA) is 99.4 Å². The van der Waals surface area contributed by atoms with Crippen LogP contribution in [0.5, 0.6) is 11.5 Å². The molecule has 0 amide bonds. The van der Waals surface area contributed by atoms with Crippen LogP contribution in [-0.4, -0.2) is 32.6 Å². The van der Waals surface area contributed by atoms with Gasteiger partial charge in [-0.05, 0) is 23.3 Å². The Hall–Kier alpha value is -3.68. The van der Waals surface area contributed by atoms with E-state index in [1.807, 2.05) is 84.9 Å². The molecule has 4 aromatic rings. The van der Waals surface area contributed by atoms with E-state index in [0.717, 1.165) is 11.1 Å². The lowest BCUT2D eigenvalue weighted by Crippen LogP contribution is -2.34. The lowest BCUT2D eigenvalue weighted by Gasteiger charge is -2.34. The quantitative estimate of drug-likeness (QED) is 0.336. The third-order valence-electron chi connectivity index (χ3n) is 6.51. The zero-order valence-corrected chi connectivity index (χ0v) is 19.5. The van der Waals surface area contributed by atoms with E-state index in [1.165, 1.54) is 0 Å². The maximum atomic E-state index is 10.2. The van der Waals surface area contributed by atoms with Crippen molar-refractivity contribution < 1.29 is 29.9 Å². The van der Waals surface area contributed by atoms with Crippen LogP contribution in [0.4, 0.5) is 0 Å². The molecule has 0 spiro atoms. The van der Waals surface area contributed by atoms with E-state index < -0.39 is 36.6 Å². The maximum absolute atomic E-state index is 10.2. The van der Waals surface area contributed by atoms with Crippen LogP contribution in [-0.2, 0) is 0 Å². The molecule has 6 atom stereocenters. The van der Waals surface area contributed by atoms with E-state index in [2.05, 4.69) is 0 Å². The van der Waals surface area contributed by atoms with Gasteiger partial charge in [-0.25, -0.2) is 0 Å². The van der Waals surface area contributed by atoms with Gasteiger partial charge in [-0.2, -0.15) is 0 Å². The number of ether oxygens (including phenoxy) is 2. The van der Waals surface area contributed by atoms with Crippen LogP contribution in [0.1, 0.15) is 46.7 Å². The molecule has 2 aliphatic rings. The summed E-state index contributed by atoms with van der Waals surface area (Å²) in [6, 6.07) is 33.4. The van der Waals surface area contributed by atoms with Crippen molar-refractivity contribution in [3.63, 3.8) is 0 Å². The Kier molecular flexibility index (Phi) is 7.02. The van der Waals surface area contributed by atoms with Gasteiger partial charge in [0.1, 0.15) is 35.9 Å². The third kappa shape index (κ3) is 4.72. The Morgan fingerprint density at radius 2 is 0.750 bits per heavy atom. The predicted molar refractivity (Wildman–Crippen MR) is 134 cm³/mol. The second kappa shape index (κ2) is 10.5. The number of benzene rings is 4. The highest BCUT2D eigenvalue weighted by molar-refractivity contribution is 5.40. The van der Waals surface area contributed by atoms with Crippen LogP contribution >= 0.6 is 0 Å². The smallest absolute Gasteiger partial charge is 0.152 e. The van der Waals surface area contributed by atoms with Gasteiger partial charge >= 0.3 is 0 Å². The van der Waals surface area contributed by atoms with Crippen LogP contribution in [0.3, 0.4) is 0 Å². The molecule has 6 heteroatoms. The van der Waals surface area contributed by atoms with Gasteiger partial charge in [0.15, 0.2) is 12.2 Å². The molecule has 0 aromatic heterocycles. The van der Waals surface area contributed by atoms with Crippen LogP contribution in [0.15, 0.2) is 109 Å². The van der Waals surface area contributed by atoms with Crippen LogP contribution in [0.2, 0.25) is 0 Å². The molecule has 2 aliphatic heterocycles. The predicted octanol–water partition coefficient (Wildman–Crippen LogP) is 4.43. The van der Waals surface area contributed by atoms with Crippen molar-refractivity contribution in [3.8, 4) is 11.5 Å². The fourth-order valence-electron chi connectivity index (χ4n) is 4.59. The lowest BCUT2D eigenvalue weighted by molar-refractivity contribution is -0.0699. The summed E-state index contributed by atoms with van der Waals surface area (Å²) in [5, 5.41) is 40.6. The van der Waals surface area contributed by atoms with E-state index in [1.54, 1.807) is 24.3 Å². The van der Waals surface area contributed by atoms with Gasteiger partial charge in [-0.1, -0.05) is 97.1 Å². The molecule has 6 unspecified atom stereocenters. The Morgan fingerprint density at radius 3 is 1.14 bits per heavy atom. The molecule has 0 bridgehead atoms. The summed E-state index contributed by atoms with van der Waals surface area (Å²) >= 11 is 0. The van der Waals surface area contributed by atoms with Gasteiger partial charge in [0.25, 0.3) is 0 Å². The fraction of sp³-hybridized carbons (Fsp3) is 0.200. The van der Waals surface area contributed by atoms with Crippen molar-refractivity contribution in [2.75, 3.05) is 0 Å². The number of hydrogen-bond acceptors (Lipinski definition) is 6. The largest absolute Gasteiger partial charge is 0.482 e. The zero-order valence-electron chi connectivity index (χ0n) is 19.5. The SMILES string of the molecule is OC1c2ccccc2OC(c2ccccc2)C1O.OC1c2ccccc2OC(c2ccccc2)C1O. The zero-order chi connectivity index (χ0) is 25.1. The summed E-state index contributed by atoms with van der Waals surface area (Å²) < 4.78 is 11.6. The van der Waals surface area contributed by atoms with E-state index in [-0.39, 0.29) is 0 Å². The first-order valence-corrected chi connectivity index (χ1v) is 11.9. The molecule has 0 fully saturated rings. The lowest BCUT2D eigenvalue weighted by atomic mass is 9.92. The normalized spacial score (nSPS) is 26.2. The van der Waals surface area contributed by atoms with Gasteiger partial charge in [-0.15, -0.1) is 0 Å². The number of fused-ring (bicyclic) bond motifs is 2. The monoisotopic (exact) mass is 484 g/mol. The molecule has 184 valence electrons. The number of aliphatic hydroxyl groups excluding tert-OH is 4. The van der Waals surface area contributed by atoms with Crippen LogP contribution in [0.25, 0.3) is 0 Å². The first kappa shape index (κ1) is 24.0. The number of aliphatic hydroxyl groups is 4. The first-order valence-electron chi connectivity index (χ1n) is 11.9. The van der Waals surface area contributed by atoms with Crippen molar-refractivity contribution in [2.45, 2.75) is 36.6 Å². The van der Waals surface area contributed by atoms with Crippen LogP contribution in [0, 0.1) is 0 Å². The van der Waals surface area contributed by atoms with Crippen molar-refractivity contribution in [2.24, 2.45) is 0 Å². The minimum atomic E-state index is -0.956. The average molecular weight is 485 g/mol. The number of para-hydroxylation sites is 2. The summed E-state index contributed by atoms with van der Waals surface area (Å²) in [5.41, 5.74) is 2.99. The number of rotatable bonds is 2. The van der Waals surface area contributed by atoms with Gasteiger partial charge in [-0.3, -0.25) is 0 Å². The Bertz CT molecular complexity index is 1180.